The number of carboxylic acids is 1. The van der Waals surface area contributed by atoms with Gasteiger partial charge < -0.3 is 19.3 Å². The third-order valence-electron chi connectivity index (χ3n) is 8.13. The Labute approximate surface area is 297 Å². The summed E-state index contributed by atoms with van der Waals surface area (Å²) in [6.07, 6.45) is 18.4. The number of thioether (sulfide) groups is 2. The molecule has 0 radical (unpaired) electrons. The Morgan fingerprint density at radius 3 is 2.00 bits per heavy atom. The van der Waals surface area contributed by atoms with Crippen molar-refractivity contribution >= 4 is 57.2 Å². The Balaban J connectivity index is 2.96. The Morgan fingerprint density at radius 2 is 1.40 bits per heavy atom. The highest BCUT2D eigenvalue weighted by Gasteiger charge is 2.34. The summed E-state index contributed by atoms with van der Waals surface area (Å²) < 4.78 is 16.9. The number of esters is 2. The zero-order valence-corrected chi connectivity index (χ0v) is 31.6. The molecule has 0 aliphatic heterocycles. The van der Waals surface area contributed by atoms with Crippen LogP contribution in [0.4, 0.5) is 0 Å². The van der Waals surface area contributed by atoms with Crippen molar-refractivity contribution in [2.45, 2.75) is 128 Å². The van der Waals surface area contributed by atoms with E-state index in [4.69, 9.17) is 26.4 Å². The van der Waals surface area contributed by atoms with Gasteiger partial charge in [-0.25, -0.2) is 0 Å². The van der Waals surface area contributed by atoms with Crippen molar-refractivity contribution in [3.8, 4) is 0 Å². The molecule has 11 heteroatoms. The van der Waals surface area contributed by atoms with E-state index in [1.165, 1.54) is 70.2 Å². The highest BCUT2D eigenvalue weighted by atomic mass is 32.2. The van der Waals surface area contributed by atoms with Crippen LogP contribution in [0.1, 0.15) is 129 Å². The molecule has 268 valence electrons. The number of pyridine rings is 1. The molecular weight excluding hydrogens is 655 g/mol. The third-order valence-corrected chi connectivity index (χ3v) is 11.0. The Morgan fingerprint density at radius 1 is 0.809 bits per heavy atom. The lowest BCUT2D eigenvalue weighted by Gasteiger charge is -2.26. The first-order chi connectivity index (χ1) is 22.7. The molecule has 0 fully saturated rings. The monoisotopic (exact) mass is 713 g/mol. The quantitative estimate of drug-likeness (QED) is 0.0510. The smallest absolute Gasteiger partial charge is 0.319 e. The van der Waals surface area contributed by atoms with E-state index in [0.29, 0.717) is 23.0 Å². The van der Waals surface area contributed by atoms with Crippen LogP contribution >= 0.6 is 35.7 Å². The number of hydrogen-bond acceptors (Lipinski definition) is 10. The highest BCUT2D eigenvalue weighted by Crippen LogP contribution is 2.36. The number of thiocarbonyl (C=S) groups is 1. The molecule has 0 aliphatic carbocycles. The lowest BCUT2D eigenvalue weighted by atomic mass is 9.81. The molecule has 0 spiro atoms. The summed E-state index contributed by atoms with van der Waals surface area (Å²) in [6, 6.07) is 3.69. The fraction of sp³-hybridized carbons (Fsp3) is 0.750. The fourth-order valence-electron chi connectivity index (χ4n) is 5.26. The van der Waals surface area contributed by atoms with Gasteiger partial charge in [-0.05, 0) is 61.5 Å². The van der Waals surface area contributed by atoms with Gasteiger partial charge in [0.1, 0.15) is 15.4 Å². The Kier molecular flexibility index (Phi) is 26.0. The van der Waals surface area contributed by atoms with Crippen LogP contribution in [-0.4, -0.2) is 69.5 Å². The molecule has 0 aromatic carbocycles. The predicted octanol–water partition coefficient (Wildman–Crippen LogP) is 9.25. The number of carboxylic acid groups (broad SMARTS) is 1. The number of carbonyl (C=O) groups is 3. The minimum atomic E-state index is -0.902. The fourth-order valence-corrected chi connectivity index (χ4v) is 7.97. The molecule has 4 atom stereocenters. The second kappa shape index (κ2) is 28.2. The van der Waals surface area contributed by atoms with E-state index in [-0.39, 0.29) is 31.5 Å². The summed E-state index contributed by atoms with van der Waals surface area (Å²) in [5.41, 5.74) is 0.889. The zero-order valence-electron chi connectivity index (χ0n) is 29.1. The summed E-state index contributed by atoms with van der Waals surface area (Å²) in [6.45, 7) is 6.58. The van der Waals surface area contributed by atoms with Crippen LogP contribution in [0.2, 0.25) is 0 Å². The molecule has 0 amide bonds. The normalized spacial score (nSPS) is 13.8. The van der Waals surface area contributed by atoms with E-state index < -0.39 is 29.0 Å². The summed E-state index contributed by atoms with van der Waals surface area (Å²) in [5, 5.41) is 8.98. The summed E-state index contributed by atoms with van der Waals surface area (Å²) in [5.74, 6) is -2.42. The first-order valence-electron chi connectivity index (χ1n) is 17.5. The lowest BCUT2D eigenvalue weighted by molar-refractivity contribution is -0.151. The van der Waals surface area contributed by atoms with Crippen LogP contribution in [0, 0.1) is 11.8 Å². The Hall–Kier alpha value is -1.69. The molecule has 1 N–H and O–H groups in total. The van der Waals surface area contributed by atoms with Gasteiger partial charge in [-0.2, -0.15) is 0 Å². The maximum atomic E-state index is 13.5. The molecule has 47 heavy (non-hydrogen) atoms. The number of unbranched alkanes of at least 4 members (excludes halogenated alkanes) is 10. The van der Waals surface area contributed by atoms with E-state index >= 15 is 0 Å². The first kappa shape index (κ1) is 43.3. The standard InChI is InChI=1S/C36H59NO7S3/c1-5-7-9-10-11-12-13-14-15-16-24-46-36(45)47-32(35(41)43-21-8-6-2)27-31(34(40)44-23-22-42-4)26-30(25-28(3)33(38)39)29-17-19-37-20-18-29/h17-20,28,30-32H,5-16,21-27H2,1-4H3,(H,38,39). The Bertz CT molecular complexity index is 998. The summed E-state index contributed by atoms with van der Waals surface area (Å²) in [7, 11) is 1.53. The lowest BCUT2D eigenvalue weighted by Crippen LogP contribution is -2.30. The molecule has 1 heterocycles. The largest absolute Gasteiger partial charge is 0.481 e. The average Bonchev–Trinajstić information content (AvgIpc) is 3.06. The van der Waals surface area contributed by atoms with Crippen LogP contribution in [0.25, 0.3) is 0 Å². The number of carbonyl (C=O) groups excluding carboxylic acids is 2. The molecule has 1 rings (SSSR count). The second-order valence-corrected chi connectivity index (χ2v) is 15.7. The highest BCUT2D eigenvalue weighted by molar-refractivity contribution is 8.47. The van der Waals surface area contributed by atoms with Crippen molar-refractivity contribution < 1.29 is 33.7 Å². The number of aliphatic carboxylic acids is 1. The number of ether oxygens (including phenoxy) is 3. The van der Waals surface area contributed by atoms with Crippen molar-refractivity contribution in [2.75, 3.05) is 32.7 Å². The van der Waals surface area contributed by atoms with E-state index in [1.807, 2.05) is 19.1 Å². The van der Waals surface area contributed by atoms with E-state index in [1.54, 1.807) is 31.1 Å². The van der Waals surface area contributed by atoms with Gasteiger partial charge in [-0.15, -0.1) is 11.8 Å². The predicted molar refractivity (Wildman–Crippen MR) is 198 cm³/mol. The third kappa shape index (κ3) is 21.1. The first-order valence-corrected chi connectivity index (χ1v) is 19.8. The van der Waals surface area contributed by atoms with Gasteiger partial charge in [0, 0.05) is 19.5 Å². The maximum absolute atomic E-state index is 13.5. The van der Waals surface area contributed by atoms with Gasteiger partial charge >= 0.3 is 17.9 Å². The van der Waals surface area contributed by atoms with Crippen LogP contribution in [-0.2, 0) is 28.6 Å². The van der Waals surface area contributed by atoms with Gasteiger partial charge in [0.2, 0.25) is 0 Å². The van der Waals surface area contributed by atoms with E-state index in [0.717, 1.165) is 37.0 Å². The number of hydrogen-bond donors (Lipinski definition) is 1. The summed E-state index contributed by atoms with van der Waals surface area (Å²) in [4.78, 5) is 42.8. The van der Waals surface area contributed by atoms with Gasteiger partial charge in [0.05, 0.1) is 25.0 Å². The van der Waals surface area contributed by atoms with Crippen molar-refractivity contribution in [1.82, 2.24) is 4.98 Å². The molecule has 1 aromatic heterocycles. The van der Waals surface area contributed by atoms with Gasteiger partial charge in [0.25, 0.3) is 0 Å². The van der Waals surface area contributed by atoms with Crippen LogP contribution in [0.5, 0.6) is 0 Å². The van der Waals surface area contributed by atoms with Crippen LogP contribution in [0.3, 0.4) is 0 Å². The van der Waals surface area contributed by atoms with Gasteiger partial charge in [0.15, 0.2) is 0 Å². The number of rotatable bonds is 28. The SMILES string of the molecule is CCCCCCCCCCCCSC(=S)SC(CC(CC(CC(C)C(=O)O)c1ccncc1)C(=O)OCCOC)C(=O)OCCCC. The van der Waals surface area contributed by atoms with Gasteiger partial charge in [-0.1, -0.05) is 109 Å². The molecule has 0 bridgehead atoms. The molecule has 1 aromatic rings. The van der Waals surface area contributed by atoms with Crippen molar-refractivity contribution in [1.29, 1.82) is 0 Å². The molecule has 4 unspecified atom stereocenters. The number of methoxy groups -OCH3 is 1. The maximum Gasteiger partial charge on any atom is 0.319 e. The number of aromatic nitrogens is 1. The zero-order chi connectivity index (χ0) is 34.7. The average molecular weight is 714 g/mol. The van der Waals surface area contributed by atoms with E-state index in [2.05, 4.69) is 11.9 Å². The summed E-state index contributed by atoms with van der Waals surface area (Å²) >= 11 is 8.60. The molecule has 0 saturated heterocycles. The minimum Gasteiger partial charge on any atom is -0.481 e. The van der Waals surface area contributed by atoms with E-state index in [9.17, 15) is 19.5 Å². The van der Waals surface area contributed by atoms with Crippen molar-refractivity contribution in [3.05, 3.63) is 30.1 Å². The second-order valence-electron chi connectivity index (χ2n) is 12.2. The van der Waals surface area contributed by atoms with Crippen LogP contribution < -0.4 is 0 Å². The van der Waals surface area contributed by atoms with Crippen LogP contribution in [0.15, 0.2) is 24.5 Å². The topological polar surface area (TPSA) is 112 Å². The van der Waals surface area contributed by atoms with Gasteiger partial charge in [-0.3, -0.25) is 19.4 Å². The molecule has 8 nitrogen and oxygen atoms in total. The minimum absolute atomic E-state index is 0.0865. The molecule has 0 saturated carbocycles. The molecule has 0 aliphatic rings. The van der Waals surface area contributed by atoms with Crippen molar-refractivity contribution in [2.24, 2.45) is 11.8 Å². The molecular formula is C36H59NO7S3. The van der Waals surface area contributed by atoms with Crippen molar-refractivity contribution in [3.63, 3.8) is 0 Å². The number of nitrogens with zero attached hydrogens (tertiary/aromatic N) is 1.